The van der Waals surface area contributed by atoms with E-state index >= 15 is 0 Å². The summed E-state index contributed by atoms with van der Waals surface area (Å²) in [5.74, 6) is -0.317. The first-order chi connectivity index (χ1) is 9.61. The van der Waals surface area contributed by atoms with Crippen LogP contribution in [0, 0.1) is 13.8 Å². The standard InChI is InChI=1S/C16H18N2O2/c1-4-5-10-20-16(19)14-6-8-15(9-7-14)18-13(3)11-12(2)17-18/h4-9,11H,10H2,1-3H3/b5-4+. The lowest BCUT2D eigenvalue weighted by Gasteiger charge is -2.06. The van der Waals surface area contributed by atoms with E-state index in [0.29, 0.717) is 12.2 Å². The van der Waals surface area contributed by atoms with Crippen LogP contribution in [0.1, 0.15) is 28.7 Å². The largest absolute Gasteiger partial charge is 0.458 e. The molecule has 0 aliphatic carbocycles. The maximum atomic E-state index is 11.8. The van der Waals surface area contributed by atoms with Crippen LogP contribution in [0.25, 0.3) is 5.69 Å². The second-order valence-corrected chi connectivity index (χ2v) is 4.55. The minimum atomic E-state index is -0.317. The van der Waals surface area contributed by atoms with E-state index in [9.17, 15) is 4.79 Å². The Morgan fingerprint density at radius 3 is 2.55 bits per heavy atom. The van der Waals surface area contributed by atoms with Crippen molar-refractivity contribution >= 4 is 5.97 Å². The number of ether oxygens (including phenoxy) is 1. The fraction of sp³-hybridized carbons (Fsp3) is 0.250. The molecule has 0 atom stereocenters. The van der Waals surface area contributed by atoms with E-state index in [1.54, 1.807) is 18.2 Å². The fourth-order valence-electron chi connectivity index (χ4n) is 1.93. The van der Waals surface area contributed by atoms with Gasteiger partial charge in [-0.2, -0.15) is 5.10 Å². The molecule has 0 aliphatic rings. The van der Waals surface area contributed by atoms with Gasteiger partial charge in [0.2, 0.25) is 0 Å². The molecule has 4 nitrogen and oxygen atoms in total. The van der Waals surface area contributed by atoms with Gasteiger partial charge in [0.05, 0.1) is 16.9 Å². The molecule has 2 rings (SSSR count). The number of benzene rings is 1. The molecule has 0 fully saturated rings. The molecule has 0 bridgehead atoms. The van der Waals surface area contributed by atoms with Crippen LogP contribution in [0.15, 0.2) is 42.5 Å². The van der Waals surface area contributed by atoms with Gasteiger partial charge >= 0.3 is 5.97 Å². The molecule has 0 unspecified atom stereocenters. The summed E-state index contributed by atoms with van der Waals surface area (Å²) in [6, 6.07) is 9.25. The van der Waals surface area contributed by atoms with E-state index in [4.69, 9.17) is 4.74 Å². The number of esters is 1. The summed E-state index contributed by atoms with van der Waals surface area (Å²) >= 11 is 0. The Morgan fingerprint density at radius 2 is 2.00 bits per heavy atom. The second-order valence-electron chi connectivity index (χ2n) is 4.55. The molecule has 0 radical (unpaired) electrons. The predicted molar refractivity (Wildman–Crippen MR) is 78.1 cm³/mol. The SMILES string of the molecule is C/C=C/COC(=O)c1ccc(-n2nc(C)cc2C)cc1. The lowest BCUT2D eigenvalue weighted by atomic mass is 10.2. The predicted octanol–water partition coefficient (Wildman–Crippen LogP) is 3.22. The van der Waals surface area contributed by atoms with Crippen LogP contribution >= 0.6 is 0 Å². The van der Waals surface area contributed by atoms with Crippen molar-refractivity contribution in [2.45, 2.75) is 20.8 Å². The molecule has 0 saturated heterocycles. The van der Waals surface area contributed by atoms with Crippen molar-refractivity contribution in [3.05, 3.63) is 59.4 Å². The third kappa shape index (κ3) is 3.15. The van der Waals surface area contributed by atoms with Crippen LogP contribution in [0.2, 0.25) is 0 Å². The molecule has 20 heavy (non-hydrogen) atoms. The van der Waals surface area contributed by atoms with Crippen molar-refractivity contribution in [1.82, 2.24) is 9.78 Å². The molecule has 2 aromatic rings. The Kier molecular flexibility index (Phi) is 4.35. The Balaban J connectivity index is 2.14. The summed E-state index contributed by atoms with van der Waals surface area (Å²) in [4.78, 5) is 11.8. The minimum Gasteiger partial charge on any atom is -0.458 e. The van der Waals surface area contributed by atoms with Gasteiger partial charge in [-0.05, 0) is 51.1 Å². The summed E-state index contributed by atoms with van der Waals surface area (Å²) in [6.45, 7) is 6.14. The maximum Gasteiger partial charge on any atom is 0.338 e. The van der Waals surface area contributed by atoms with Crippen molar-refractivity contribution in [2.24, 2.45) is 0 Å². The van der Waals surface area contributed by atoms with Gasteiger partial charge in [-0.25, -0.2) is 9.48 Å². The number of hydrogen-bond donors (Lipinski definition) is 0. The zero-order chi connectivity index (χ0) is 14.5. The molecule has 0 aliphatic heterocycles. The van der Waals surface area contributed by atoms with E-state index in [2.05, 4.69) is 5.10 Å². The van der Waals surface area contributed by atoms with Crippen molar-refractivity contribution in [3.63, 3.8) is 0 Å². The number of aryl methyl sites for hydroxylation is 2. The highest BCUT2D eigenvalue weighted by Gasteiger charge is 2.08. The second kappa shape index (κ2) is 6.19. The van der Waals surface area contributed by atoms with Crippen LogP contribution in [0.5, 0.6) is 0 Å². The molecular weight excluding hydrogens is 252 g/mol. The molecule has 1 aromatic carbocycles. The maximum absolute atomic E-state index is 11.8. The summed E-state index contributed by atoms with van der Waals surface area (Å²) in [5, 5.41) is 4.41. The smallest absolute Gasteiger partial charge is 0.338 e. The molecule has 0 spiro atoms. The fourth-order valence-corrected chi connectivity index (χ4v) is 1.93. The lowest BCUT2D eigenvalue weighted by Crippen LogP contribution is -2.06. The van der Waals surface area contributed by atoms with Gasteiger partial charge < -0.3 is 4.74 Å². The molecule has 1 heterocycles. The van der Waals surface area contributed by atoms with Gasteiger partial charge in [0, 0.05) is 5.69 Å². The number of hydrogen-bond acceptors (Lipinski definition) is 3. The van der Waals surface area contributed by atoms with Crippen LogP contribution in [0.4, 0.5) is 0 Å². The van der Waals surface area contributed by atoms with Gasteiger partial charge in [0.15, 0.2) is 0 Å². The van der Waals surface area contributed by atoms with Crippen molar-refractivity contribution < 1.29 is 9.53 Å². The van der Waals surface area contributed by atoms with E-state index in [0.717, 1.165) is 17.1 Å². The summed E-state index contributed by atoms with van der Waals surface area (Å²) in [7, 11) is 0. The van der Waals surface area contributed by atoms with Gasteiger partial charge in [-0.3, -0.25) is 0 Å². The van der Waals surface area contributed by atoms with Crippen LogP contribution in [-0.4, -0.2) is 22.4 Å². The number of carbonyl (C=O) groups excluding carboxylic acids is 1. The van der Waals surface area contributed by atoms with Gasteiger partial charge in [-0.1, -0.05) is 12.2 Å². The summed E-state index contributed by atoms with van der Waals surface area (Å²) in [5.41, 5.74) is 3.50. The topological polar surface area (TPSA) is 44.1 Å². The van der Waals surface area contributed by atoms with E-state index < -0.39 is 0 Å². The average molecular weight is 270 g/mol. The first-order valence-corrected chi connectivity index (χ1v) is 6.54. The van der Waals surface area contributed by atoms with Crippen molar-refractivity contribution in [1.29, 1.82) is 0 Å². The lowest BCUT2D eigenvalue weighted by molar-refractivity contribution is 0.0549. The van der Waals surface area contributed by atoms with Crippen molar-refractivity contribution in [3.8, 4) is 5.69 Å². The molecule has 1 aromatic heterocycles. The number of nitrogens with zero attached hydrogens (tertiary/aromatic N) is 2. The van der Waals surface area contributed by atoms with E-state index in [1.807, 2.05) is 49.7 Å². The average Bonchev–Trinajstić information content (AvgIpc) is 2.78. The third-order valence-electron chi connectivity index (χ3n) is 2.90. The number of aromatic nitrogens is 2. The first-order valence-electron chi connectivity index (χ1n) is 6.54. The molecule has 0 N–H and O–H groups in total. The number of allylic oxidation sites excluding steroid dienone is 1. The van der Waals surface area contributed by atoms with Crippen LogP contribution < -0.4 is 0 Å². The van der Waals surface area contributed by atoms with Crippen LogP contribution in [0.3, 0.4) is 0 Å². The zero-order valence-corrected chi connectivity index (χ0v) is 12.0. The summed E-state index contributed by atoms with van der Waals surface area (Å²) < 4.78 is 6.95. The van der Waals surface area contributed by atoms with Crippen LogP contribution in [-0.2, 0) is 4.74 Å². The van der Waals surface area contributed by atoms with Gasteiger partial charge in [0.1, 0.15) is 6.61 Å². The Morgan fingerprint density at radius 1 is 1.30 bits per heavy atom. The van der Waals surface area contributed by atoms with E-state index in [1.165, 1.54) is 0 Å². The van der Waals surface area contributed by atoms with E-state index in [-0.39, 0.29) is 5.97 Å². The highest BCUT2D eigenvalue weighted by Crippen LogP contribution is 2.13. The molecule has 104 valence electrons. The highest BCUT2D eigenvalue weighted by atomic mass is 16.5. The zero-order valence-electron chi connectivity index (χ0n) is 12.0. The molecule has 0 saturated carbocycles. The Labute approximate surface area is 118 Å². The third-order valence-corrected chi connectivity index (χ3v) is 2.90. The number of rotatable bonds is 4. The first kappa shape index (κ1) is 14.1. The quantitative estimate of drug-likeness (QED) is 0.633. The molecule has 0 amide bonds. The monoisotopic (exact) mass is 270 g/mol. The Hall–Kier alpha value is -2.36. The highest BCUT2D eigenvalue weighted by molar-refractivity contribution is 5.89. The minimum absolute atomic E-state index is 0.300. The van der Waals surface area contributed by atoms with Gasteiger partial charge in [0.25, 0.3) is 0 Å². The normalized spacial score (nSPS) is 10.9. The van der Waals surface area contributed by atoms with Gasteiger partial charge in [-0.15, -0.1) is 0 Å². The summed E-state index contributed by atoms with van der Waals surface area (Å²) in [6.07, 6.45) is 3.64. The van der Waals surface area contributed by atoms with Crippen molar-refractivity contribution in [2.75, 3.05) is 6.61 Å². The molecule has 4 heteroatoms. The number of carbonyl (C=O) groups is 1. The Bertz CT molecular complexity index is 624. The molecular formula is C16H18N2O2.